The fourth-order valence-electron chi connectivity index (χ4n) is 1.48. The van der Waals surface area contributed by atoms with Crippen LogP contribution < -0.4 is 0 Å². The summed E-state index contributed by atoms with van der Waals surface area (Å²) < 4.78 is 0. The predicted molar refractivity (Wildman–Crippen MR) is 74.6 cm³/mol. The molecular formula is C13H17ClN2O3. The average molecular weight is 285 g/mol. The minimum atomic E-state index is -0.542. The average Bonchev–Trinajstić information content (AvgIpc) is 2.36. The van der Waals surface area contributed by atoms with Crippen LogP contribution in [0.4, 0.5) is 5.69 Å². The van der Waals surface area contributed by atoms with Crippen molar-refractivity contribution in [3.63, 3.8) is 0 Å². The zero-order valence-corrected chi connectivity index (χ0v) is 12.2. The summed E-state index contributed by atoms with van der Waals surface area (Å²) in [5.74, 6) is -0.244. The molecule has 0 unspecified atom stereocenters. The van der Waals surface area contributed by atoms with Crippen molar-refractivity contribution in [1.29, 1.82) is 0 Å². The molecule has 0 bridgehead atoms. The van der Waals surface area contributed by atoms with E-state index in [0.29, 0.717) is 0 Å². The summed E-state index contributed by atoms with van der Waals surface area (Å²) in [5.41, 5.74) is -0.155. The minimum Gasteiger partial charge on any atom is -0.337 e. The van der Waals surface area contributed by atoms with Crippen molar-refractivity contribution >= 4 is 23.2 Å². The van der Waals surface area contributed by atoms with E-state index in [1.807, 2.05) is 20.8 Å². The summed E-state index contributed by atoms with van der Waals surface area (Å²) in [6.45, 7) is 5.88. The number of carbonyl (C=O) groups is 1. The first-order valence-electron chi connectivity index (χ1n) is 5.92. The van der Waals surface area contributed by atoms with Crippen LogP contribution in [0.15, 0.2) is 18.2 Å². The largest absolute Gasteiger partial charge is 0.337 e. The third kappa shape index (κ3) is 3.23. The number of hydrogen-bond acceptors (Lipinski definition) is 3. The normalized spacial score (nSPS) is 11.2. The molecule has 0 aliphatic carbocycles. The van der Waals surface area contributed by atoms with Crippen molar-refractivity contribution in [2.75, 3.05) is 7.05 Å². The lowest BCUT2D eigenvalue weighted by molar-refractivity contribution is -0.384. The third-order valence-corrected chi connectivity index (χ3v) is 3.78. The zero-order chi connectivity index (χ0) is 14.8. The molecular weight excluding hydrogens is 268 g/mol. The highest BCUT2D eigenvalue weighted by Gasteiger charge is 2.28. The first kappa shape index (κ1) is 15.4. The minimum absolute atomic E-state index is 0.0953. The van der Waals surface area contributed by atoms with Crippen molar-refractivity contribution < 1.29 is 9.72 Å². The van der Waals surface area contributed by atoms with E-state index in [-0.39, 0.29) is 27.7 Å². The molecule has 0 aliphatic rings. The summed E-state index contributed by atoms with van der Waals surface area (Å²) in [5, 5.41) is 10.7. The molecule has 0 radical (unpaired) electrons. The summed E-state index contributed by atoms with van der Waals surface area (Å²) in [4.78, 5) is 24.0. The molecule has 5 nitrogen and oxygen atoms in total. The van der Waals surface area contributed by atoms with E-state index in [0.717, 1.165) is 6.42 Å². The second-order valence-electron chi connectivity index (χ2n) is 4.95. The molecule has 0 N–H and O–H groups in total. The second-order valence-corrected chi connectivity index (χ2v) is 5.36. The zero-order valence-electron chi connectivity index (χ0n) is 11.4. The molecule has 1 aromatic rings. The molecule has 0 saturated carbocycles. The van der Waals surface area contributed by atoms with Gasteiger partial charge >= 0.3 is 0 Å². The molecule has 6 heteroatoms. The standard InChI is InChI=1S/C13H17ClN2O3/c1-5-13(2,3)15(4)12(17)10-7-6-9(16(18)19)8-11(10)14/h6-8H,5H2,1-4H3. The number of nitro groups is 1. The van der Waals surface area contributed by atoms with E-state index in [4.69, 9.17) is 11.6 Å². The SMILES string of the molecule is CCC(C)(C)N(C)C(=O)c1ccc([N+](=O)[O-])cc1Cl. The Kier molecular flexibility index (Phi) is 4.52. The van der Waals surface area contributed by atoms with Gasteiger partial charge < -0.3 is 4.90 Å². The molecule has 1 rings (SSSR count). The van der Waals surface area contributed by atoms with Crippen LogP contribution in [0.3, 0.4) is 0 Å². The van der Waals surface area contributed by atoms with Gasteiger partial charge in [0, 0.05) is 24.7 Å². The number of benzene rings is 1. The Balaban J connectivity index is 3.11. The molecule has 104 valence electrons. The van der Waals surface area contributed by atoms with Crippen LogP contribution >= 0.6 is 11.6 Å². The molecule has 0 atom stereocenters. The molecule has 0 aliphatic heterocycles. The maximum atomic E-state index is 12.3. The number of halogens is 1. The quantitative estimate of drug-likeness (QED) is 0.628. The van der Waals surface area contributed by atoms with Crippen LogP contribution in [0.1, 0.15) is 37.6 Å². The summed E-state index contributed by atoms with van der Waals surface area (Å²) in [7, 11) is 1.70. The Morgan fingerprint density at radius 2 is 2.05 bits per heavy atom. The van der Waals surface area contributed by atoms with Gasteiger partial charge in [0.15, 0.2) is 0 Å². The first-order valence-corrected chi connectivity index (χ1v) is 6.30. The molecule has 1 aromatic carbocycles. The molecule has 19 heavy (non-hydrogen) atoms. The van der Waals surface area contributed by atoms with Crippen molar-refractivity contribution in [2.45, 2.75) is 32.7 Å². The van der Waals surface area contributed by atoms with Gasteiger partial charge in [0.05, 0.1) is 15.5 Å². The highest BCUT2D eigenvalue weighted by Crippen LogP contribution is 2.26. The number of carbonyl (C=O) groups excluding carboxylic acids is 1. The van der Waals surface area contributed by atoms with Crippen LogP contribution in [0.5, 0.6) is 0 Å². The Hall–Kier alpha value is -1.62. The van der Waals surface area contributed by atoms with E-state index in [2.05, 4.69) is 0 Å². The van der Waals surface area contributed by atoms with Gasteiger partial charge in [0.2, 0.25) is 0 Å². The van der Waals surface area contributed by atoms with Crippen LogP contribution in [-0.2, 0) is 0 Å². The topological polar surface area (TPSA) is 63.5 Å². The van der Waals surface area contributed by atoms with Gasteiger partial charge in [-0.1, -0.05) is 18.5 Å². The van der Waals surface area contributed by atoms with Gasteiger partial charge in [-0.3, -0.25) is 14.9 Å². The molecule has 0 aromatic heterocycles. The molecule has 0 fully saturated rings. The lowest BCUT2D eigenvalue weighted by Crippen LogP contribution is -2.44. The first-order chi connectivity index (χ1) is 8.70. The summed E-state index contributed by atoms with van der Waals surface area (Å²) in [6, 6.07) is 3.87. The lowest BCUT2D eigenvalue weighted by Gasteiger charge is -2.35. The van der Waals surface area contributed by atoms with Gasteiger partial charge in [-0.2, -0.15) is 0 Å². The number of rotatable bonds is 4. The molecule has 0 heterocycles. The smallest absolute Gasteiger partial charge is 0.270 e. The maximum Gasteiger partial charge on any atom is 0.270 e. The van der Waals surface area contributed by atoms with E-state index in [9.17, 15) is 14.9 Å². The maximum absolute atomic E-state index is 12.3. The van der Waals surface area contributed by atoms with Crippen molar-refractivity contribution in [1.82, 2.24) is 4.90 Å². The highest BCUT2D eigenvalue weighted by atomic mass is 35.5. The number of nitro benzene ring substituents is 1. The van der Waals surface area contributed by atoms with Gasteiger partial charge in [-0.15, -0.1) is 0 Å². The van der Waals surface area contributed by atoms with Crippen molar-refractivity contribution in [2.24, 2.45) is 0 Å². The summed E-state index contributed by atoms with van der Waals surface area (Å²) in [6.07, 6.45) is 0.792. The van der Waals surface area contributed by atoms with Crippen LogP contribution in [-0.4, -0.2) is 28.3 Å². The van der Waals surface area contributed by atoms with E-state index < -0.39 is 4.92 Å². The Morgan fingerprint density at radius 3 is 2.47 bits per heavy atom. The Bertz CT molecular complexity index is 515. The molecule has 1 amide bonds. The Morgan fingerprint density at radius 1 is 1.47 bits per heavy atom. The van der Waals surface area contributed by atoms with E-state index >= 15 is 0 Å². The van der Waals surface area contributed by atoms with Gasteiger partial charge in [0.1, 0.15) is 0 Å². The predicted octanol–water partition coefficient (Wildman–Crippen LogP) is 3.51. The van der Waals surface area contributed by atoms with Gasteiger partial charge in [-0.05, 0) is 26.3 Å². The fraction of sp³-hybridized carbons (Fsp3) is 0.462. The third-order valence-electron chi connectivity index (χ3n) is 3.47. The van der Waals surface area contributed by atoms with Crippen LogP contribution in [0.25, 0.3) is 0 Å². The summed E-state index contributed by atoms with van der Waals surface area (Å²) >= 11 is 5.95. The highest BCUT2D eigenvalue weighted by molar-refractivity contribution is 6.34. The fourth-order valence-corrected chi connectivity index (χ4v) is 1.74. The second kappa shape index (κ2) is 5.57. The molecule has 0 saturated heterocycles. The molecule has 0 spiro atoms. The number of non-ortho nitro benzene ring substituents is 1. The van der Waals surface area contributed by atoms with E-state index in [1.54, 1.807) is 11.9 Å². The number of nitrogens with zero attached hydrogens (tertiary/aromatic N) is 2. The van der Waals surface area contributed by atoms with Gasteiger partial charge in [0.25, 0.3) is 11.6 Å². The Labute approximate surface area is 117 Å². The van der Waals surface area contributed by atoms with Crippen LogP contribution in [0, 0.1) is 10.1 Å². The number of amides is 1. The monoisotopic (exact) mass is 284 g/mol. The van der Waals surface area contributed by atoms with Crippen molar-refractivity contribution in [3.05, 3.63) is 38.9 Å². The number of hydrogen-bond donors (Lipinski definition) is 0. The van der Waals surface area contributed by atoms with E-state index in [1.165, 1.54) is 18.2 Å². The van der Waals surface area contributed by atoms with Gasteiger partial charge in [-0.25, -0.2) is 0 Å². The lowest BCUT2D eigenvalue weighted by atomic mass is 9.99. The van der Waals surface area contributed by atoms with Crippen LogP contribution in [0.2, 0.25) is 5.02 Å². The van der Waals surface area contributed by atoms with Crippen molar-refractivity contribution in [3.8, 4) is 0 Å².